The molecule has 0 fully saturated rings. The number of para-hydroxylation sites is 4. The van der Waals surface area contributed by atoms with Crippen LogP contribution in [0.3, 0.4) is 0 Å². The first kappa shape index (κ1) is 46.8. The molecule has 6 nitrogen and oxygen atoms in total. The lowest BCUT2D eigenvalue weighted by atomic mass is 9.72. The molecular weight excluding hydrogens is 831 g/mol. The van der Waals surface area contributed by atoms with Crippen LogP contribution in [0.2, 0.25) is 0 Å². The van der Waals surface area contributed by atoms with Crippen LogP contribution in [0.25, 0.3) is 33.1 Å². The second-order valence-corrected chi connectivity index (χ2v) is 21.4. The van der Waals surface area contributed by atoms with Crippen molar-refractivity contribution in [3.8, 4) is 34.1 Å². The molecule has 7 aromatic rings. The van der Waals surface area contributed by atoms with E-state index in [4.69, 9.17) is 26.5 Å². The van der Waals surface area contributed by atoms with Crippen LogP contribution < -0.4 is 18.1 Å². The molecule has 0 unspecified atom stereocenters. The predicted molar refractivity (Wildman–Crippen MR) is 269 cm³/mol. The van der Waals surface area contributed by atoms with Gasteiger partial charge in [0, 0.05) is 33.0 Å². The highest BCUT2D eigenvalue weighted by molar-refractivity contribution is 7.43. The Morgan fingerprint density at radius 1 is 0.438 bits per heavy atom. The largest absolute Gasteiger partial charge is 0.530 e. The highest BCUT2D eigenvalue weighted by Crippen LogP contribution is 2.55. The van der Waals surface area contributed by atoms with Crippen molar-refractivity contribution in [2.24, 2.45) is 0 Å². The molecule has 0 saturated carbocycles. The van der Waals surface area contributed by atoms with Crippen molar-refractivity contribution in [2.45, 2.75) is 130 Å². The molecule has 0 N–H and O–H groups in total. The summed E-state index contributed by atoms with van der Waals surface area (Å²) in [5.74, 6) is 2.71. The maximum absolute atomic E-state index is 7.42. The molecule has 0 amide bonds. The SMILES string of the molecule is CCC(C)(C)c1cc(-c2cc(C(C)(C)CC)cc(C(C)(C)CC)c2Op2oc3ccccc3c3ccccc3o2)c(OP(Oc2ccccc2)Oc2ccccc2)c(C(C)(C)CC)c1. The molecule has 8 heteroatoms. The van der Waals surface area contributed by atoms with Gasteiger partial charge in [-0.3, -0.25) is 0 Å². The van der Waals surface area contributed by atoms with Crippen LogP contribution in [-0.4, -0.2) is 0 Å². The maximum Gasteiger partial charge on any atom is 0.530 e. The van der Waals surface area contributed by atoms with E-state index in [2.05, 4.69) is 119 Å². The molecule has 0 aliphatic carbocycles. The Kier molecular flexibility index (Phi) is 14.0. The van der Waals surface area contributed by atoms with Crippen molar-refractivity contribution in [2.75, 3.05) is 0 Å². The number of fused-ring (bicyclic) bond motifs is 3. The van der Waals surface area contributed by atoms with Gasteiger partial charge in [-0.15, -0.1) is 0 Å². The van der Waals surface area contributed by atoms with Crippen molar-refractivity contribution in [1.29, 1.82) is 0 Å². The summed E-state index contributed by atoms with van der Waals surface area (Å²) >= 11 is 0. The summed E-state index contributed by atoms with van der Waals surface area (Å²) in [4.78, 5) is 0. The number of benzene rings is 6. The van der Waals surface area contributed by atoms with Crippen molar-refractivity contribution in [3.63, 3.8) is 0 Å². The second-order valence-electron chi connectivity index (χ2n) is 19.4. The van der Waals surface area contributed by atoms with Gasteiger partial charge >= 0.3 is 16.8 Å². The molecule has 0 atom stereocenters. The van der Waals surface area contributed by atoms with E-state index in [1.807, 2.05) is 97.1 Å². The highest BCUT2D eigenvalue weighted by Gasteiger charge is 2.37. The Morgan fingerprint density at radius 3 is 1.23 bits per heavy atom. The summed E-state index contributed by atoms with van der Waals surface area (Å²) in [7, 11) is -4.06. The van der Waals surface area contributed by atoms with Crippen molar-refractivity contribution >= 4 is 38.8 Å². The van der Waals surface area contributed by atoms with Crippen LogP contribution in [0.1, 0.15) is 131 Å². The van der Waals surface area contributed by atoms with E-state index in [0.717, 1.165) is 58.7 Å². The Hall–Kier alpha value is -5.15. The summed E-state index contributed by atoms with van der Waals surface area (Å²) in [6.07, 6.45) is 3.60. The van der Waals surface area contributed by atoms with Gasteiger partial charge in [0.05, 0.1) is 0 Å². The number of hydrogen-bond donors (Lipinski definition) is 0. The Labute approximate surface area is 384 Å². The summed E-state index contributed by atoms with van der Waals surface area (Å²) in [5.41, 5.74) is 6.84. The summed E-state index contributed by atoms with van der Waals surface area (Å²) in [6, 6.07) is 45.1. The highest BCUT2D eigenvalue weighted by atomic mass is 31.2. The smallest absolute Gasteiger partial charge is 0.409 e. The summed E-state index contributed by atoms with van der Waals surface area (Å²) < 4.78 is 41.9. The molecule has 0 aliphatic heterocycles. The van der Waals surface area contributed by atoms with Crippen LogP contribution in [-0.2, 0) is 21.7 Å². The molecule has 0 spiro atoms. The second kappa shape index (κ2) is 19.1. The molecule has 0 aliphatic rings. The normalized spacial score (nSPS) is 12.5. The zero-order chi connectivity index (χ0) is 45.9. The third-order valence-electron chi connectivity index (χ3n) is 13.6. The van der Waals surface area contributed by atoms with Gasteiger partial charge in [0.1, 0.15) is 34.2 Å². The van der Waals surface area contributed by atoms with Gasteiger partial charge in [0.2, 0.25) is 0 Å². The fourth-order valence-corrected chi connectivity index (χ4v) is 9.67. The molecule has 336 valence electrons. The topological polar surface area (TPSA) is 63.2 Å². The lowest BCUT2D eigenvalue weighted by molar-refractivity contribution is 0.379. The minimum absolute atomic E-state index is 0.170. The average molecular weight is 897 g/mol. The standard InChI is InChI=1S/C56H66O6P2/c1-13-53(5,6)39-35-45(51(47(37-39)55(9,10)15-3)61-63(57-41-27-19-17-20-28-41)58-42-29-21-18-22-30-42)46-36-40(54(7,8)14-2)38-48(56(11,12)16-4)52(46)62-64-59-49-33-25-23-31-43(49)44-32-24-26-34-50(44)60-64/h17-38H,13-16H2,1-12H3. The van der Waals surface area contributed by atoms with Gasteiger partial charge in [-0.05, 0) is 107 Å². The molecule has 64 heavy (non-hydrogen) atoms. The molecular formula is C56H66O6P2. The van der Waals surface area contributed by atoms with Gasteiger partial charge in [0.15, 0.2) is 0 Å². The van der Waals surface area contributed by atoms with Crippen LogP contribution in [0.4, 0.5) is 0 Å². The molecule has 0 radical (unpaired) electrons. The third kappa shape index (κ3) is 10.0. The minimum atomic E-state index is -2.05. The summed E-state index contributed by atoms with van der Waals surface area (Å²) in [5, 5.41) is 1.92. The lowest BCUT2D eigenvalue weighted by Crippen LogP contribution is -2.23. The predicted octanol–water partition coefficient (Wildman–Crippen LogP) is 18.3. The Bertz CT molecular complexity index is 2640. The van der Waals surface area contributed by atoms with E-state index in [1.165, 1.54) is 11.1 Å². The molecule has 0 saturated heterocycles. The Morgan fingerprint density at radius 2 is 0.812 bits per heavy atom. The summed E-state index contributed by atoms with van der Waals surface area (Å²) in [6.45, 7) is 27.5. The fraction of sp³-hybridized carbons (Fsp3) is 0.357. The van der Waals surface area contributed by atoms with Gasteiger partial charge in [-0.1, -0.05) is 168 Å². The molecule has 0 bridgehead atoms. The first-order valence-corrected chi connectivity index (χ1v) is 25.0. The van der Waals surface area contributed by atoms with Gasteiger partial charge in [0.25, 0.3) is 0 Å². The van der Waals surface area contributed by atoms with Crippen LogP contribution in [0.5, 0.6) is 23.0 Å². The van der Waals surface area contributed by atoms with Crippen LogP contribution >= 0.6 is 16.8 Å². The van der Waals surface area contributed by atoms with Crippen LogP contribution in [0, 0.1) is 0 Å². The maximum atomic E-state index is 7.42. The van der Waals surface area contributed by atoms with Crippen molar-refractivity contribution in [3.05, 3.63) is 156 Å². The zero-order valence-corrected chi connectivity index (χ0v) is 41.7. The minimum Gasteiger partial charge on any atom is -0.409 e. The lowest BCUT2D eigenvalue weighted by Gasteiger charge is -2.34. The van der Waals surface area contributed by atoms with E-state index in [9.17, 15) is 0 Å². The first-order valence-electron chi connectivity index (χ1n) is 22.8. The molecule has 1 heterocycles. The quantitative estimate of drug-likeness (QED) is 0.0849. The van der Waals surface area contributed by atoms with E-state index < -0.39 is 16.8 Å². The monoisotopic (exact) mass is 896 g/mol. The zero-order valence-electron chi connectivity index (χ0n) is 39.9. The number of hydrogen-bond acceptors (Lipinski definition) is 6. The molecule has 7 rings (SSSR count). The van der Waals surface area contributed by atoms with Gasteiger partial charge < -0.3 is 26.5 Å². The molecule has 1 aromatic heterocycles. The van der Waals surface area contributed by atoms with Crippen molar-refractivity contribution in [1.82, 2.24) is 0 Å². The molecule has 6 aromatic carbocycles. The Balaban J connectivity index is 1.61. The van der Waals surface area contributed by atoms with Gasteiger partial charge in [-0.25, -0.2) is 0 Å². The average Bonchev–Trinajstić information content (AvgIpc) is 3.45. The van der Waals surface area contributed by atoms with Crippen LogP contribution in [0.15, 0.2) is 142 Å². The van der Waals surface area contributed by atoms with Crippen molar-refractivity contribution < 1.29 is 26.5 Å². The first-order chi connectivity index (χ1) is 30.5. The van der Waals surface area contributed by atoms with E-state index in [0.29, 0.717) is 34.2 Å². The number of rotatable bonds is 17. The van der Waals surface area contributed by atoms with E-state index in [1.54, 1.807) is 0 Å². The van der Waals surface area contributed by atoms with E-state index >= 15 is 0 Å². The van der Waals surface area contributed by atoms with E-state index in [-0.39, 0.29) is 21.7 Å². The third-order valence-corrected chi connectivity index (χ3v) is 15.7. The fourth-order valence-electron chi connectivity index (χ4n) is 7.52. The van der Waals surface area contributed by atoms with Gasteiger partial charge in [-0.2, -0.15) is 0 Å².